The van der Waals surface area contributed by atoms with Gasteiger partial charge in [-0.25, -0.2) is 0 Å². The molecule has 0 amide bonds. The van der Waals surface area contributed by atoms with Crippen LogP contribution < -0.4 is 0 Å². The highest BCUT2D eigenvalue weighted by molar-refractivity contribution is 6.92. The summed E-state index contributed by atoms with van der Waals surface area (Å²) in [5.41, 5.74) is -1.24. The molecule has 0 aliphatic carbocycles. The largest absolute Gasteiger partial charge is 0.384 e. The first kappa shape index (κ1) is 22.0. The summed E-state index contributed by atoms with van der Waals surface area (Å²) in [7, 11) is 0. The van der Waals surface area contributed by atoms with Crippen molar-refractivity contribution in [2.75, 3.05) is 6.61 Å². The molecule has 142 valence electrons. The number of hydrogen-bond donors (Lipinski definition) is 1. The molecule has 24 heavy (non-hydrogen) atoms. The van der Waals surface area contributed by atoms with Crippen molar-refractivity contribution in [2.45, 2.75) is 89.7 Å². The van der Waals surface area contributed by atoms with Crippen LogP contribution in [0.4, 0.5) is 0 Å². The van der Waals surface area contributed by atoms with E-state index in [2.05, 4.69) is 6.58 Å². The lowest BCUT2D eigenvalue weighted by Crippen LogP contribution is -2.53. The van der Waals surface area contributed by atoms with E-state index >= 15 is 0 Å². The van der Waals surface area contributed by atoms with Crippen LogP contribution in [-0.4, -0.2) is 53.5 Å². The van der Waals surface area contributed by atoms with E-state index in [1.807, 2.05) is 27.7 Å². The van der Waals surface area contributed by atoms with Gasteiger partial charge in [0.1, 0.15) is 23.9 Å². The lowest BCUT2D eigenvalue weighted by molar-refractivity contribution is -0.247. The van der Waals surface area contributed by atoms with Gasteiger partial charge in [0.25, 0.3) is 0 Å². The molecule has 0 aromatic rings. The molecular weight excluding hydrogens is 331 g/mol. The van der Waals surface area contributed by atoms with Crippen molar-refractivity contribution in [1.29, 1.82) is 0 Å². The van der Waals surface area contributed by atoms with Crippen molar-refractivity contribution < 1.29 is 28.8 Å². The Hall–Kier alpha value is -0.0700. The first-order valence-corrected chi connectivity index (χ1v) is 8.33. The molecule has 3 unspecified atom stereocenters. The smallest absolute Gasteiger partial charge is 0.190 e. The van der Waals surface area contributed by atoms with E-state index in [0.717, 1.165) is 0 Å². The molecule has 3 heterocycles. The average molecular weight is 364 g/mol. The fourth-order valence-electron chi connectivity index (χ4n) is 3.33. The van der Waals surface area contributed by atoms with E-state index in [1.54, 1.807) is 19.9 Å². The number of ether oxygens (including phenoxy) is 5. The predicted molar refractivity (Wildman–Crippen MR) is 95.8 cm³/mol. The molecule has 3 aliphatic heterocycles. The summed E-state index contributed by atoms with van der Waals surface area (Å²) in [5, 5.41) is 11.1. The van der Waals surface area contributed by atoms with Crippen LogP contribution in [0, 0.1) is 0 Å². The van der Waals surface area contributed by atoms with Gasteiger partial charge >= 0.3 is 0 Å². The number of aliphatic hydroxyl groups is 1. The SMILES string of the molecule is C=CC[C@]1(O)C(C2COC(C)(C)O2)O[C@@H]2OC(C)(C)O[C@@H]21.CC.P. The maximum Gasteiger partial charge on any atom is 0.190 e. The highest BCUT2D eigenvalue weighted by Gasteiger charge is 2.65. The Morgan fingerprint density at radius 3 is 2.17 bits per heavy atom. The quantitative estimate of drug-likeness (QED) is 0.613. The third-order valence-corrected chi connectivity index (χ3v) is 4.16. The zero-order valence-electron chi connectivity index (χ0n) is 15.7. The summed E-state index contributed by atoms with van der Waals surface area (Å²) in [6.07, 6.45) is -0.133. The predicted octanol–water partition coefficient (Wildman–Crippen LogP) is 2.41. The Balaban J connectivity index is 0.000000925. The van der Waals surface area contributed by atoms with Gasteiger partial charge in [-0.2, -0.15) is 9.90 Å². The molecule has 0 aromatic carbocycles. The second-order valence-electron chi connectivity index (χ2n) is 6.83. The molecule has 3 aliphatic rings. The highest BCUT2D eigenvalue weighted by atomic mass is 31.0. The minimum Gasteiger partial charge on any atom is -0.384 e. The monoisotopic (exact) mass is 364 g/mol. The van der Waals surface area contributed by atoms with Crippen LogP contribution in [0.25, 0.3) is 0 Å². The lowest BCUT2D eigenvalue weighted by atomic mass is 9.86. The van der Waals surface area contributed by atoms with Gasteiger partial charge in [0, 0.05) is 0 Å². The lowest BCUT2D eigenvalue weighted by Gasteiger charge is -2.35. The van der Waals surface area contributed by atoms with Gasteiger partial charge in [-0.1, -0.05) is 19.9 Å². The van der Waals surface area contributed by atoms with Crippen LogP contribution in [0.15, 0.2) is 12.7 Å². The fraction of sp³-hybridized carbons (Fsp3) is 0.882. The standard InChI is InChI=1S/C15H24O6.C2H6.H3P/c1-6-7-15(16)10(9-8-17-13(2,3)19-9)18-12-11(15)20-14(4,5)21-12;1-2;/h6,9-12,16H,1,7-8H2,2-5H3;1-2H3;1H3/t9?,10?,11-,12+,15-;;/m0../s1. The number of fused-ring (bicyclic) bond motifs is 1. The van der Waals surface area contributed by atoms with E-state index in [-0.39, 0.29) is 16.0 Å². The first-order valence-electron chi connectivity index (χ1n) is 8.33. The Kier molecular flexibility index (Phi) is 7.02. The average Bonchev–Trinajstić information content (AvgIpc) is 3.04. The molecule has 7 heteroatoms. The zero-order chi connectivity index (χ0) is 17.5. The van der Waals surface area contributed by atoms with Gasteiger partial charge < -0.3 is 28.8 Å². The van der Waals surface area contributed by atoms with E-state index in [4.69, 9.17) is 23.7 Å². The molecule has 0 bridgehead atoms. The molecule has 3 rings (SSSR count). The zero-order valence-corrected chi connectivity index (χ0v) is 17.1. The van der Waals surface area contributed by atoms with Crippen molar-refractivity contribution in [3.05, 3.63) is 12.7 Å². The van der Waals surface area contributed by atoms with E-state index in [0.29, 0.717) is 13.0 Å². The molecule has 6 atom stereocenters. The molecular formula is C17H33O6P. The highest BCUT2D eigenvalue weighted by Crippen LogP contribution is 2.47. The van der Waals surface area contributed by atoms with Gasteiger partial charge in [-0.05, 0) is 34.1 Å². The van der Waals surface area contributed by atoms with Crippen LogP contribution >= 0.6 is 9.90 Å². The van der Waals surface area contributed by atoms with Crippen LogP contribution in [0.2, 0.25) is 0 Å². The number of hydrogen-bond acceptors (Lipinski definition) is 6. The maximum absolute atomic E-state index is 11.1. The van der Waals surface area contributed by atoms with Gasteiger partial charge in [0.2, 0.25) is 0 Å². The molecule has 3 saturated heterocycles. The summed E-state index contributed by atoms with van der Waals surface area (Å²) in [6.45, 7) is 15.4. The van der Waals surface area contributed by atoms with Gasteiger partial charge in [0.05, 0.1) is 6.61 Å². The summed E-state index contributed by atoms with van der Waals surface area (Å²) >= 11 is 0. The van der Waals surface area contributed by atoms with Gasteiger partial charge in [0.15, 0.2) is 17.9 Å². The third-order valence-electron chi connectivity index (χ3n) is 4.16. The van der Waals surface area contributed by atoms with Crippen LogP contribution in [0.5, 0.6) is 0 Å². The molecule has 0 spiro atoms. The van der Waals surface area contributed by atoms with Crippen molar-refractivity contribution >= 4 is 9.90 Å². The molecule has 0 saturated carbocycles. The summed E-state index contributed by atoms with van der Waals surface area (Å²) in [6, 6.07) is 0. The molecule has 1 N–H and O–H groups in total. The maximum atomic E-state index is 11.1. The van der Waals surface area contributed by atoms with Crippen molar-refractivity contribution in [3.8, 4) is 0 Å². The summed E-state index contributed by atoms with van der Waals surface area (Å²) < 4.78 is 28.9. The fourth-order valence-corrected chi connectivity index (χ4v) is 3.33. The Morgan fingerprint density at radius 1 is 1.04 bits per heavy atom. The first-order chi connectivity index (χ1) is 10.7. The Morgan fingerprint density at radius 2 is 1.67 bits per heavy atom. The molecule has 6 nitrogen and oxygen atoms in total. The summed E-state index contributed by atoms with van der Waals surface area (Å²) in [5.74, 6) is -1.45. The van der Waals surface area contributed by atoms with Crippen molar-refractivity contribution in [1.82, 2.24) is 0 Å². The van der Waals surface area contributed by atoms with Crippen molar-refractivity contribution in [2.24, 2.45) is 0 Å². The topological polar surface area (TPSA) is 66.4 Å². The van der Waals surface area contributed by atoms with Crippen molar-refractivity contribution in [3.63, 3.8) is 0 Å². The van der Waals surface area contributed by atoms with Crippen LogP contribution in [-0.2, 0) is 23.7 Å². The molecule has 3 fully saturated rings. The minimum absolute atomic E-state index is 0. The normalized spacial score (nSPS) is 41.8. The number of rotatable bonds is 3. The minimum atomic E-state index is -1.24. The molecule has 0 radical (unpaired) electrons. The van der Waals surface area contributed by atoms with Gasteiger partial charge in [-0.15, -0.1) is 6.58 Å². The van der Waals surface area contributed by atoms with Gasteiger partial charge in [-0.3, -0.25) is 0 Å². The second-order valence-corrected chi connectivity index (χ2v) is 6.83. The van der Waals surface area contributed by atoms with Crippen LogP contribution in [0.1, 0.15) is 48.0 Å². The molecule has 0 aromatic heterocycles. The Labute approximate surface area is 148 Å². The second kappa shape index (κ2) is 7.67. The van der Waals surface area contributed by atoms with Crippen LogP contribution in [0.3, 0.4) is 0 Å². The Bertz CT molecular complexity index is 441. The third kappa shape index (κ3) is 4.01. The van der Waals surface area contributed by atoms with E-state index in [9.17, 15) is 5.11 Å². The van der Waals surface area contributed by atoms with E-state index in [1.165, 1.54) is 0 Å². The van der Waals surface area contributed by atoms with E-state index < -0.39 is 35.7 Å². The summed E-state index contributed by atoms with van der Waals surface area (Å²) in [4.78, 5) is 0.